The Balaban J connectivity index is 1.81. The molecule has 0 aromatic rings. The van der Waals surface area contributed by atoms with Crippen LogP contribution >= 0.6 is 0 Å². The number of rotatable bonds is 5. The molecule has 3 N–H and O–H groups in total. The van der Waals surface area contributed by atoms with Gasteiger partial charge in [0, 0.05) is 6.04 Å². The van der Waals surface area contributed by atoms with Crippen molar-refractivity contribution in [2.75, 3.05) is 6.54 Å². The highest BCUT2D eigenvalue weighted by Gasteiger charge is 2.39. The van der Waals surface area contributed by atoms with Gasteiger partial charge in [0.05, 0.1) is 0 Å². The van der Waals surface area contributed by atoms with Crippen LogP contribution in [0.2, 0.25) is 0 Å². The van der Waals surface area contributed by atoms with E-state index in [1.807, 2.05) is 13.8 Å². The number of nitrogens with zero attached hydrogens (tertiary/aromatic N) is 1. The Bertz CT molecular complexity index is 500. The maximum Gasteiger partial charge on any atom is 0.325 e. The lowest BCUT2D eigenvalue weighted by Gasteiger charge is -2.15. The second-order valence-corrected chi connectivity index (χ2v) is 6.56. The molecule has 8 nitrogen and oxygen atoms in total. The molecule has 0 spiro atoms. The lowest BCUT2D eigenvalue weighted by molar-refractivity contribution is -0.132. The quantitative estimate of drug-likeness (QED) is 0.648. The van der Waals surface area contributed by atoms with Crippen molar-refractivity contribution in [2.45, 2.75) is 58.0 Å². The minimum atomic E-state index is -0.672. The Hall–Kier alpha value is -2.12. The van der Waals surface area contributed by atoms with E-state index in [4.69, 9.17) is 0 Å². The van der Waals surface area contributed by atoms with Gasteiger partial charge < -0.3 is 10.6 Å². The number of nitrogens with one attached hydrogen (secondary N) is 3. The van der Waals surface area contributed by atoms with Crippen molar-refractivity contribution in [2.24, 2.45) is 5.92 Å². The van der Waals surface area contributed by atoms with Crippen molar-refractivity contribution >= 4 is 23.9 Å². The molecule has 23 heavy (non-hydrogen) atoms. The third-order valence-corrected chi connectivity index (χ3v) is 4.06. The first-order valence-electron chi connectivity index (χ1n) is 8.09. The van der Waals surface area contributed by atoms with E-state index in [2.05, 4.69) is 16.0 Å². The molecule has 2 fully saturated rings. The molecular formula is C15H24N4O4. The lowest BCUT2D eigenvalue weighted by Crippen LogP contribution is -2.48. The monoisotopic (exact) mass is 324 g/mol. The topological polar surface area (TPSA) is 108 Å². The van der Waals surface area contributed by atoms with E-state index < -0.39 is 36.5 Å². The van der Waals surface area contributed by atoms with Crippen molar-refractivity contribution in [1.29, 1.82) is 0 Å². The zero-order chi connectivity index (χ0) is 17.0. The summed E-state index contributed by atoms with van der Waals surface area (Å²) in [5.74, 6) is -0.848. The molecule has 2 aliphatic rings. The average Bonchev–Trinajstić information content (AvgIpc) is 3.02. The normalized spacial score (nSPS) is 21.7. The first-order valence-corrected chi connectivity index (χ1v) is 8.09. The summed E-state index contributed by atoms with van der Waals surface area (Å²) >= 11 is 0. The van der Waals surface area contributed by atoms with Crippen LogP contribution in [0.4, 0.5) is 9.59 Å². The number of imide groups is 2. The Morgan fingerprint density at radius 1 is 1.26 bits per heavy atom. The highest BCUT2D eigenvalue weighted by Crippen LogP contribution is 2.17. The number of hydrogen-bond donors (Lipinski definition) is 3. The Labute approximate surface area is 135 Å². The molecule has 1 atom stereocenters. The molecule has 1 aliphatic carbocycles. The number of carbonyl (C=O) groups is 4. The van der Waals surface area contributed by atoms with E-state index in [1.54, 1.807) is 0 Å². The van der Waals surface area contributed by atoms with Crippen LogP contribution < -0.4 is 16.0 Å². The van der Waals surface area contributed by atoms with Crippen LogP contribution in [-0.4, -0.2) is 47.4 Å². The molecule has 0 aromatic heterocycles. The summed E-state index contributed by atoms with van der Waals surface area (Å²) in [4.78, 5) is 48.3. The van der Waals surface area contributed by atoms with Crippen LogP contribution in [0.3, 0.4) is 0 Å². The van der Waals surface area contributed by atoms with E-state index in [-0.39, 0.29) is 12.0 Å². The van der Waals surface area contributed by atoms with Crippen molar-refractivity contribution in [1.82, 2.24) is 20.9 Å². The molecule has 0 radical (unpaired) electrons. The third-order valence-electron chi connectivity index (χ3n) is 4.06. The molecule has 1 heterocycles. The number of carbonyl (C=O) groups excluding carboxylic acids is 4. The van der Waals surface area contributed by atoms with E-state index in [0.717, 1.165) is 30.6 Å². The molecule has 8 heteroatoms. The van der Waals surface area contributed by atoms with Crippen LogP contribution in [0.25, 0.3) is 0 Å². The predicted octanol–water partition coefficient (Wildman–Crippen LogP) is 0.721. The zero-order valence-electron chi connectivity index (χ0n) is 13.6. The number of hydrogen-bond acceptors (Lipinski definition) is 4. The summed E-state index contributed by atoms with van der Waals surface area (Å²) in [6, 6.07) is -1.67. The molecule has 1 saturated heterocycles. The summed E-state index contributed by atoms with van der Waals surface area (Å²) in [5, 5.41) is 7.44. The molecule has 1 aliphatic heterocycles. The maximum atomic E-state index is 12.1. The summed E-state index contributed by atoms with van der Waals surface area (Å²) in [6.07, 6.45) is 4.47. The van der Waals surface area contributed by atoms with Crippen LogP contribution in [0.1, 0.15) is 46.0 Å². The standard InChI is InChI=1S/C15H24N4O4/c1-9(2)7-11-13(21)19(15(23)17-11)8-12(20)18-14(22)16-10-5-3-4-6-10/h9-11H,3-8H2,1-2H3,(H,17,23)(H2,16,18,20,22)/t11-/m1/s1. The van der Waals surface area contributed by atoms with Gasteiger partial charge in [0.25, 0.3) is 5.91 Å². The molecule has 0 aromatic carbocycles. The molecule has 0 bridgehead atoms. The number of urea groups is 2. The summed E-state index contributed by atoms with van der Waals surface area (Å²) in [5.41, 5.74) is 0. The van der Waals surface area contributed by atoms with E-state index in [1.165, 1.54) is 0 Å². The van der Waals surface area contributed by atoms with Gasteiger partial charge in [-0.15, -0.1) is 0 Å². The van der Waals surface area contributed by atoms with Gasteiger partial charge >= 0.3 is 12.1 Å². The van der Waals surface area contributed by atoms with Crippen molar-refractivity contribution in [3.63, 3.8) is 0 Å². The fourth-order valence-corrected chi connectivity index (χ4v) is 2.96. The fourth-order valence-electron chi connectivity index (χ4n) is 2.96. The second kappa shape index (κ2) is 7.43. The van der Waals surface area contributed by atoms with Crippen LogP contribution in [0.5, 0.6) is 0 Å². The summed E-state index contributed by atoms with van der Waals surface area (Å²) < 4.78 is 0. The highest BCUT2D eigenvalue weighted by atomic mass is 16.2. The van der Waals surface area contributed by atoms with Gasteiger partial charge in [0.2, 0.25) is 5.91 Å². The van der Waals surface area contributed by atoms with Crippen molar-refractivity contribution in [3.05, 3.63) is 0 Å². The van der Waals surface area contributed by atoms with Gasteiger partial charge in [0.15, 0.2) is 0 Å². The van der Waals surface area contributed by atoms with Gasteiger partial charge in [-0.2, -0.15) is 0 Å². The Morgan fingerprint density at radius 3 is 2.52 bits per heavy atom. The number of amides is 6. The smallest absolute Gasteiger partial charge is 0.325 e. The van der Waals surface area contributed by atoms with Crippen LogP contribution in [0.15, 0.2) is 0 Å². The van der Waals surface area contributed by atoms with Crippen LogP contribution in [-0.2, 0) is 9.59 Å². The van der Waals surface area contributed by atoms with Crippen molar-refractivity contribution in [3.8, 4) is 0 Å². The van der Waals surface area contributed by atoms with Crippen molar-refractivity contribution < 1.29 is 19.2 Å². The zero-order valence-corrected chi connectivity index (χ0v) is 13.6. The lowest BCUT2D eigenvalue weighted by atomic mass is 10.0. The van der Waals surface area contributed by atoms with Gasteiger partial charge in [-0.05, 0) is 25.2 Å². The molecule has 2 rings (SSSR count). The predicted molar refractivity (Wildman–Crippen MR) is 82.4 cm³/mol. The first kappa shape index (κ1) is 17.2. The SMILES string of the molecule is CC(C)C[C@H]1NC(=O)N(CC(=O)NC(=O)NC2CCCC2)C1=O. The fraction of sp³-hybridized carbons (Fsp3) is 0.733. The van der Waals surface area contributed by atoms with E-state index in [9.17, 15) is 19.2 Å². The highest BCUT2D eigenvalue weighted by molar-refractivity contribution is 6.07. The molecule has 1 saturated carbocycles. The van der Waals surface area contributed by atoms with Gasteiger partial charge in [-0.1, -0.05) is 26.7 Å². The van der Waals surface area contributed by atoms with E-state index >= 15 is 0 Å². The van der Waals surface area contributed by atoms with Gasteiger partial charge in [-0.25, -0.2) is 9.59 Å². The molecule has 6 amide bonds. The third kappa shape index (κ3) is 4.67. The summed E-state index contributed by atoms with van der Waals surface area (Å²) in [7, 11) is 0. The maximum absolute atomic E-state index is 12.1. The summed E-state index contributed by atoms with van der Waals surface area (Å²) in [6.45, 7) is 3.45. The van der Waals surface area contributed by atoms with Gasteiger partial charge in [0.1, 0.15) is 12.6 Å². The molecule has 128 valence electrons. The Kier molecular flexibility index (Phi) is 5.57. The molecular weight excluding hydrogens is 300 g/mol. The minimum Gasteiger partial charge on any atom is -0.335 e. The minimum absolute atomic E-state index is 0.0925. The first-order chi connectivity index (χ1) is 10.9. The van der Waals surface area contributed by atoms with Gasteiger partial charge in [-0.3, -0.25) is 19.8 Å². The second-order valence-electron chi connectivity index (χ2n) is 6.56. The van der Waals surface area contributed by atoms with E-state index in [0.29, 0.717) is 6.42 Å². The molecule has 0 unspecified atom stereocenters. The largest absolute Gasteiger partial charge is 0.335 e. The van der Waals surface area contributed by atoms with Crippen LogP contribution in [0, 0.1) is 5.92 Å². The Morgan fingerprint density at radius 2 is 1.91 bits per heavy atom. The average molecular weight is 324 g/mol.